The Hall–Kier alpha value is -2.06. The normalized spacial score (nSPS) is 20.0. The SMILES string of the molecule is C[C@H]1CCCN(C[C@H](C)NC(=O)Nc2cccc(C#N)c2)C1. The van der Waals surface area contributed by atoms with Crippen LogP contribution in [0, 0.1) is 17.2 Å². The maximum Gasteiger partial charge on any atom is 0.319 e. The molecular formula is C17H24N4O. The minimum absolute atomic E-state index is 0.0875. The first kappa shape index (κ1) is 16.3. The number of piperidine rings is 1. The summed E-state index contributed by atoms with van der Waals surface area (Å²) in [6.07, 6.45) is 2.54. The van der Waals surface area contributed by atoms with Crippen molar-refractivity contribution in [3.63, 3.8) is 0 Å². The van der Waals surface area contributed by atoms with E-state index in [2.05, 4.69) is 28.5 Å². The van der Waals surface area contributed by atoms with E-state index in [1.165, 1.54) is 12.8 Å². The lowest BCUT2D eigenvalue weighted by Gasteiger charge is -2.32. The van der Waals surface area contributed by atoms with Crippen molar-refractivity contribution in [2.24, 2.45) is 5.92 Å². The first-order valence-electron chi connectivity index (χ1n) is 7.87. The van der Waals surface area contributed by atoms with Crippen LogP contribution in [0.15, 0.2) is 24.3 Å². The molecule has 2 amide bonds. The molecule has 1 aromatic carbocycles. The van der Waals surface area contributed by atoms with Crippen LogP contribution >= 0.6 is 0 Å². The summed E-state index contributed by atoms with van der Waals surface area (Å²) in [6, 6.07) is 8.83. The molecule has 5 nitrogen and oxygen atoms in total. The van der Waals surface area contributed by atoms with Gasteiger partial charge in [-0.3, -0.25) is 0 Å². The third kappa shape index (κ3) is 5.05. The number of benzene rings is 1. The van der Waals surface area contributed by atoms with Gasteiger partial charge in [-0.15, -0.1) is 0 Å². The zero-order valence-electron chi connectivity index (χ0n) is 13.3. The fourth-order valence-electron chi connectivity index (χ4n) is 2.94. The van der Waals surface area contributed by atoms with Gasteiger partial charge in [0.05, 0.1) is 11.6 Å². The van der Waals surface area contributed by atoms with Gasteiger partial charge < -0.3 is 15.5 Å². The standard InChI is InChI=1S/C17H24N4O/c1-13-5-4-8-21(11-13)12-14(2)19-17(22)20-16-7-3-6-15(9-16)10-18/h3,6-7,9,13-14H,4-5,8,11-12H2,1-2H3,(H2,19,20,22)/t13-,14-/m0/s1. The van der Waals surface area contributed by atoms with Gasteiger partial charge in [-0.1, -0.05) is 13.0 Å². The summed E-state index contributed by atoms with van der Waals surface area (Å²) in [7, 11) is 0. The second-order valence-electron chi connectivity index (χ2n) is 6.20. The molecule has 2 rings (SSSR count). The third-order valence-electron chi connectivity index (χ3n) is 3.90. The number of nitriles is 1. The van der Waals surface area contributed by atoms with Gasteiger partial charge >= 0.3 is 6.03 Å². The maximum atomic E-state index is 12.0. The Morgan fingerprint density at radius 3 is 3.09 bits per heavy atom. The first-order chi connectivity index (χ1) is 10.6. The molecular weight excluding hydrogens is 276 g/mol. The van der Waals surface area contributed by atoms with Gasteiger partial charge in [-0.05, 0) is 50.4 Å². The number of likely N-dealkylation sites (tertiary alicyclic amines) is 1. The van der Waals surface area contributed by atoms with Crippen molar-refractivity contribution in [2.75, 3.05) is 25.0 Å². The quantitative estimate of drug-likeness (QED) is 0.898. The Balaban J connectivity index is 1.79. The van der Waals surface area contributed by atoms with E-state index >= 15 is 0 Å². The summed E-state index contributed by atoms with van der Waals surface area (Å²) in [5.41, 5.74) is 1.17. The van der Waals surface area contributed by atoms with Gasteiger partial charge in [0.1, 0.15) is 0 Å². The summed E-state index contributed by atoms with van der Waals surface area (Å²) < 4.78 is 0. The van der Waals surface area contributed by atoms with Crippen molar-refractivity contribution < 1.29 is 4.79 Å². The topological polar surface area (TPSA) is 68.2 Å². The molecule has 1 fully saturated rings. The van der Waals surface area contributed by atoms with Crippen molar-refractivity contribution in [1.82, 2.24) is 10.2 Å². The fraction of sp³-hybridized carbons (Fsp3) is 0.529. The average Bonchev–Trinajstić information content (AvgIpc) is 2.47. The van der Waals surface area contributed by atoms with Crippen LogP contribution < -0.4 is 10.6 Å². The van der Waals surface area contributed by atoms with Crippen LogP contribution in [0.5, 0.6) is 0 Å². The van der Waals surface area contributed by atoms with E-state index in [1.807, 2.05) is 6.92 Å². The highest BCUT2D eigenvalue weighted by Crippen LogP contribution is 2.15. The van der Waals surface area contributed by atoms with Gasteiger partial charge in [-0.2, -0.15) is 5.26 Å². The number of rotatable bonds is 4. The van der Waals surface area contributed by atoms with E-state index in [4.69, 9.17) is 5.26 Å². The van der Waals surface area contributed by atoms with Crippen LogP contribution in [0.4, 0.5) is 10.5 Å². The second kappa shape index (κ2) is 7.81. The Morgan fingerprint density at radius 1 is 1.55 bits per heavy atom. The number of nitrogens with zero attached hydrogens (tertiary/aromatic N) is 2. The third-order valence-corrected chi connectivity index (χ3v) is 3.90. The molecule has 0 saturated carbocycles. The molecule has 0 unspecified atom stereocenters. The highest BCUT2D eigenvalue weighted by atomic mass is 16.2. The summed E-state index contributed by atoms with van der Waals surface area (Å²) in [5, 5.41) is 14.6. The molecule has 22 heavy (non-hydrogen) atoms. The highest BCUT2D eigenvalue weighted by Gasteiger charge is 2.18. The number of urea groups is 1. The molecule has 1 heterocycles. The van der Waals surface area contributed by atoms with Crippen LogP contribution in [0.2, 0.25) is 0 Å². The summed E-state index contributed by atoms with van der Waals surface area (Å²) in [6.45, 7) is 7.39. The molecule has 2 N–H and O–H groups in total. The maximum absolute atomic E-state index is 12.0. The zero-order valence-corrected chi connectivity index (χ0v) is 13.3. The van der Waals surface area contributed by atoms with Crippen molar-refractivity contribution in [2.45, 2.75) is 32.7 Å². The number of hydrogen-bond donors (Lipinski definition) is 2. The fourth-order valence-corrected chi connectivity index (χ4v) is 2.94. The summed E-state index contributed by atoms with van der Waals surface area (Å²) >= 11 is 0. The van der Waals surface area contributed by atoms with Crippen LogP contribution in [-0.2, 0) is 0 Å². The second-order valence-corrected chi connectivity index (χ2v) is 6.20. The molecule has 0 aliphatic carbocycles. The van der Waals surface area contributed by atoms with Crippen molar-refractivity contribution in [1.29, 1.82) is 5.26 Å². The monoisotopic (exact) mass is 300 g/mol. The molecule has 2 atom stereocenters. The Bertz CT molecular complexity index is 552. The minimum Gasteiger partial charge on any atom is -0.334 e. The van der Waals surface area contributed by atoms with Crippen molar-refractivity contribution in [3.8, 4) is 6.07 Å². The van der Waals surface area contributed by atoms with Crippen LogP contribution in [0.3, 0.4) is 0 Å². The van der Waals surface area contributed by atoms with Gasteiger partial charge in [-0.25, -0.2) is 4.79 Å². The van der Waals surface area contributed by atoms with Gasteiger partial charge in [0, 0.05) is 24.8 Å². The van der Waals surface area contributed by atoms with Gasteiger partial charge in [0.25, 0.3) is 0 Å². The van der Waals surface area contributed by atoms with Gasteiger partial charge in [0.2, 0.25) is 0 Å². The molecule has 5 heteroatoms. The first-order valence-corrected chi connectivity index (χ1v) is 7.87. The van der Waals surface area contributed by atoms with E-state index in [0.29, 0.717) is 11.3 Å². The number of carbonyl (C=O) groups is 1. The van der Waals surface area contributed by atoms with Crippen LogP contribution in [0.25, 0.3) is 0 Å². The Morgan fingerprint density at radius 2 is 2.36 bits per heavy atom. The lowest BCUT2D eigenvalue weighted by molar-refractivity contribution is 0.170. The Kier molecular flexibility index (Phi) is 5.79. The number of carbonyl (C=O) groups excluding carboxylic acids is 1. The molecule has 118 valence electrons. The van der Waals surface area contributed by atoms with Gasteiger partial charge in [0.15, 0.2) is 0 Å². The lowest BCUT2D eigenvalue weighted by atomic mass is 10.00. The molecule has 0 radical (unpaired) electrons. The molecule has 0 spiro atoms. The molecule has 1 aliphatic rings. The Labute approximate surface area is 132 Å². The van der Waals surface area contributed by atoms with Crippen molar-refractivity contribution in [3.05, 3.63) is 29.8 Å². The van der Waals surface area contributed by atoms with E-state index in [0.717, 1.165) is 25.6 Å². The summed E-state index contributed by atoms with van der Waals surface area (Å²) in [5.74, 6) is 0.739. The molecule has 1 aliphatic heterocycles. The van der Waals surface area contributed by atoms with E-state index in [9.17, 15) is 4.79 Å². The van der Waals surface area contributed by atoms with Crippen LogP contribution in [0.1, 0.15) is 32.3 Å². The largest absolute Gasteiger partial charge is 0.334 e. The predicted molar refractivity (Wildman–Crippen MR) is 87.6 cm³/mol. The zero-order chi connectivity index (χ0) is 15.9. The average molecular weight is 300 g/mol. The number of amides is 2. The molecule has 1 saturated heterocycles. The van der Waals surface area contributed by atoms with Crippen molar-refractivity contribution >= 4 is 11.7 Å². The van der Waals surface area contributed by atoms with Crippen LogP contribution in [-0.4, -0.2) is 36.6 Å². The molecule has 0 aromatic heterocycles. The minimum atomic E-state index is -0.229. The summed E-state index contributed by atoms with van der Waals surface area (Å²) in [4.78, 5) is 14.4. The smallest absolute Gasteiger partial charge is 0.319 e. The highest BCUT2D eigenvalue weighted by molar-refractivity contribution is 5.89. The number of hydrogen-bond acceptors (Lipinski definition) is 3. The molecule has 1 aromatic rings. The van der Waals surface area contributed by atoms with E-state index in [-0.39, 0.29) is 12.1 Å². The number of nitrogens with one attached hydrogen (secondary N) is 2. The van der Waals surface area contributed by atoms with E-state index in [1.54, 1.807) is 24.3 Å². The number of anilines is 1. The predicted octanol–water partition coefficient (Wildman–Crippen LogP) is 2.80. The van der Waals surface area contributed by atoms with E-state index < -0.39 is 0 Å². The molecule has 0 bridgehead atoms. The lowest BCUT2D eigenvalue weighted by Crippen LogP contribution is -2.46.